The average molecular weight is 304 g/mol. The second-order valence-electron chi connectivity index (χ2n) is 9.67. The molecule has 0 radical (unpaired) electrons. The molecular weight excluding hydrogens is 272 g/mol. The Hall–Kier alpha value is -0.370. The summed E-state index contributed by atoms with van der Waals surface area (Å²) in [6.07, 6.45) is 9.98. The summed E-state index contributed by atoms with van der Waals surface area (Å²) in [6.45, 7) is 6.94. The highest BCUT2D eigenvalue weighted by atomic mass is 16.3. The van der Waals surface area contributed by atoms with Crippen molar-refractivity contribution in [2.45, 2.75) is 84.2 Å². The van der Waals surface area contributed by atoms with Gasteiger partial charge in [-0.05, 0) is 86.4 Å². The van der Waals surface area contributed by atoms with Crippen LogP contribution in [-0.2, 0) is 4.79 Å². The normalized spacial score (nSPS) is 57.9. The molecule has 0 spiro atoms. The first-order valence-corrected chi connectivity index (χ1v) is 9.52. The van der Waals surface area contributed by atoms with Crippen LogP contribution in [0.2, 0.25) is 0 Å². The summed E-state index contributed by atoms with van der Waals surface area (Å²) in [5.74, 6) is 3.44. The van der Waals surface area contributed by atoms with E-state index >= 15 is 0 Å². The van der Waals surface area contributed by atoms with Crippen LogP contribution in [0.3, 0.4) is 0 Å². The van der Waals surface area contributed by atoms with Gasteiger partial charge < -0.3 is 5.11 Å². The van der Waals surface area contributed by atoms with Crippen LogP contribution < -0.4 is 0 Å². The van der Waals surface area contributed by atoms with Crippen LogP contribution in [0.4, 0.5) is 0 Å². The van der Waals surface area contributed by atoms with Crippen LogP contribution >= 0.6 is 0 Å². The number of Topliss-reactive ketones (excluding diaryl/α,β-unsaturated/α-hetero) is 1. The molecule has 4 aliphatic carbocycles. The third kappa shape index (κ3) is 1.79. The molecule has 7 atom stereocenters. The smallest absolute Gasteiger partial charge is 0.133 e. The lowest BCUT2D eigenvalue weighted by molar-refractivity contribution is -0.152. The molecule has 4 aliphatic rings. The average Bonchev–Trinajstić information content (AvgIpc) is 2.70. The van der Waals surface area contributed by atoms with Crippen molar-refractivity contribution in [3.63, 3.8) is 0 Å². The molecule has 1 N–H and O–H groups in total. The summed E-state index contributed by atoms with van der Waals surface area (Å²) < 4.78 is 0. The van der Waals surface area contributed by atoms with Crippen LogP contribution in [-0.4, -0.2) is 16.5 Å². The minimum atomic E-state index is -0.469. The number of carbonyl (C=O) groups is 1. The SMILES string of the molecule is CC12CCC(=O)C[C@H]1CCC1C2CCC2(C)C1CC[C@@]2(C)O. The van der Waals surface area contributed by atoms with Gasteiger partial charge in [-0.2, -0.15) is 0 Å². The Morgan fingerprint density at radius 1 is 0.955 bits per heavy atom. The summed E-state index contributed by atoms with van der Waals surface area (Å²) in [5, 5.41) is 10.9. The fraction of sp³-hybridized carbons (Fsp3) is 0.950. The second kappa shape index (κ2) is 4.59. The predicted octanol–water partition coefficient (Wildman–Crippen LogP) is 4.35. The molecule has 0 aromatic carbocycles. The van der Waals surface area contributed by atoms with Crippen LogP contribution in [0.1, 0.15) is 78.6 Å². The number of aliphatic hydroxyl groups is 1. The van der Waals surface area contributed by atoms with Gasteiger partial charge >= 0.3 is 0 Å². The quantitative estimate of drug-likeness (QED) is 0.722. The molecule has 0 amide bonds. The van der Waals surface area contributed by atoms with E-state index < -0.39 is 5.60 Å². The van der Waals surface area contributed by atoms with Gasteiger partial charge in [0.1, 0.15) is 5.78 Å². The van der Waals surface area contributed by atoms with Crippen molar-refractivity contribution in [1.82, 2.24) is 0 Å². The third-order valence-corrected chi connectivity index (χ3v) is 9.04. The Balaban J connectivity index is 1.65. The lowest BCUT2D eigenvalue weighted by Gasteiger charge is -2.60. The monoisotopic (exact) mass is 304 g/mol. The van der Waals surface area contributed by atoms with Crippen molar-refractivity contribution < 1.29 is 9.90 Å². The van der Waals surface area contributed by atoms with Crippen molar-refractivity contribution in [2.24, 2.45) is 34.5 Å². The molecule has 124 valence electrons. The van der Waals surface area contributed by atoms with E-state index in [9.17, 15) is 9.90 Å². The first kappa shape index (κ1) is 15.2. The molecule has 0 aromatic heterocycles. The van der Waals surface area contributed by atoms with E-state index in [4.69, 9.17) is 0 Å². The summed E-state index contributed by atoms with van der Waals surface area (Å²) in [6, 6.07) is 0. The Kier molecular flexibility index (Phi) is 3.16. The molecule has 4 saturated carbocycles. The van der Waals surface area contributed by atoms with E-state index in [0.29, 0.717) is 23.0 Å². The molecular formula is C20H32O2. The predicted molar refractivity (Wildman–Crippen MR) is 87.4 cm³/mol. The Bertz CT molecular complexity index is 496. The molecule has 0 bridgehead atoms. The van der Waals surface area contributed by atoms with Gasteiger partial charge in [0.25, 0.3) is 0 Å². The summed E-state index contributed by atoms with van der Waals surface area (Å²) in [7, 11) is 0. The fourth-order valence-corrected chi connectivity index (χ4v) is 7.29. The molecule has 0 heterocycles. The lowest BCUT2D eigenvalue weighted by Crippen LogP contribution is -2.55. The van der Waals surface area contributed by atoms with Gasteiger partial charge in [0.15, 0.2) is 0 Å². The maximum absolute atomic E-state index is 11.9. The highest BCUT2D eigenvalue weighted by Crippen LogP contribution is 2.67. The topological polar surface area (TPSA) is 37.3 Å². The molecule has 0 aliphatic heterocycles. The van der Waals surface area contributed by atoms with E-state index in [1.165, 1.54) is 32.1 Å². The lowest BCUT2D eigenvalue weighted by atomic mass is 9.44. The first-order valence-electron chi connectivity index (χ1n) is 9.52. The van der Waals surface area contributed by atoms with Gasteiger partial charge in [-0.15, -0.1) is 0 Å². The molecule has 22 heavy (non-hydrogen) atoms. The van der Waals surface area contributed by atoms with Gasteiger partial charge in [0, 0.05) is 12.8 Å². The minimum Gasteiger partial charge on any atom is -0.390 e. The van der Waals surface area contributed by atoms with Crippen molar-refractivity contribution in [2.75, 3.05) is 0 Å². The van der Waals surface area contributed by atoms with E-state index in [1.807, 2.05) is 0 Å². The molecule has 4 fully saturated rings. The van der Waals surface area contributed by atoms with Crippen molar-refractivity contribution in [3.8, 4) is 0 Å². The Labute approximate surface area is 135 Å². The summed E-state index contributed by atoms with van der Waals surface area (Å²) in [5.41, 5.74) is 0.0530. The number of fused-ring (bicyclic) bond motifs is 5. The van der Waals surface area contributed by atoms with E-state index in [2.05, 4.69) is 20.8 Å². The Morgan fingerprint density at radius 3 is 2.45 bits per heavy atom. The number of carbonyl (C=O) groups excluding carboxylic acids is 1. The molecule has 2 heteroatoms. The van der Waals surface area contributed by atoms with Crippen LogP contribution in [0.25, 0.3) is 0 Å². The van der Waals surface area contributed by atoms with Gasteiger partial charge in [-0.1, -0.05) is 13.8 Å². The van der Waals surface area contributed by atoms with Crippen LogP contribution in [0.5, 0.6) is 0 Å². The Morgan fingerprint density at radius 2 is 1.68 bits per heavy atom. The zero-order chi connectivity index (χ0) is 15.8. The third-order valence-electron chi connectivity index (χ3n) is 9.04. The van der Waals surface area contributed by atoms with Crippen molar-refractivity contribution >= 4 is 5.78 Å². The largest absolute Gasteiger partial charge is 0.390 e. The zero-order valence-electron chi connectivity index (χ0n) is 14.5. The number of rotatable bonds is 0. The zero-order valence-corrected chi connectivity index (χ0v) is 14.5. The molecule has 4 rings (SSSR count). The number of ketones is 1. The minimum absolute atomic E-state index is 0.127. The van der Waals surface area contributed by atoms with Crippen LogP contribution in [0.15, 0.2) is 0 Å². The van der Waals surface area contributed by atoms with Crippen molar-refractivity contribution in [3.05, 3.63) is 0 Å². The molecule has 2 nitrogen and oxygen atoms in total. The maximum atomic E-state index is 11.9. The number of hydrogen-bond donors (Lipinski definition) is 1. The van der Waals surface area contributed by atoms with E-state index in [-0.39, 0.29) is 5.41 Å². The van der Waals surface area contributed by atoms with Crippen LogP contribution in [0, 0.1) is 34.5 Å². The van der Waals surface area contributed by atoms with Gasteiger partial charge in [0.2, 0.25) is 0 Å². The number of hydrogen-bond acceptors (Lipinski definition) is 2. The van der Waals surface area contributed by atoms with Crippen molar-refractivity contribution in [1.29, 1.82) is 0 Å². The summed E-state index contributed by atoms with van der Waals surface area (Å²) >= 11 is 0. The molecule has 0 aromatic rings. The highest BCUT2D eigenvalue weighted by Gasteiger charge is 2.63. The fourth-order valence-electron chi connectivity index (χ4n) is 7.29. The second-order valence-corrected chi connectivity index (χ2v) is 9.67. The molecule has 5 unspecified atom stereocenters. The van der Waals surface area contributed by atoms with Gasteiger partial charge in [-0.25, -0.2) is 0 Å². The van der Waals surface area contributed by atoms with Gasteiger partial charge in [-0.3, -0.25) is 4.79 Å². The standard InChI is InChI=1S/C20H32O2/c1-18-9-6-14(21)12-13(18)4-5-15-16(18)7-10-19(2)17(15)8-11-20(19,3)22/h13,15-17,22H,4-12H2,1-3H3/t13-,15?,16?,17?,18?,19?,20-/m1/s1. The summed E-state index contributed by atoms with van der Waals surface area (Å²) in [4.78, 5) is 11.9. The van der Waals surface area contributed by atoms with E-state index in [0.717, 1.165) is 37.5 Å². The first-order chi connectivity index (χ1) is 10.3. The maximum Gasteiger partial charge on any atom is 0.133 e. The van der Waals surface area contributed by atoms with Gasteiger partial charge in [0.05, 0.1) is 5.60 Å². The highest BCUT2D eigenvalue weighted by molar-refractivity contribution is 5.79. The van der Waals surface area contributed by atoms with E-state index in [1.54, 1.807) is 0 Å². The molecule has 0 saturated heterocycles.